The monoisotopic (exact) mass is 482 g/mol. The van der Waals surface area contributed by atoms with E-state index in [0.717, 1.165) is 15.5 Å². The number of para-hydroxylation sites is 1. The molecule has 6 nitrogen and oxygen atoms in total. The maximum absolute atomic E-state index is 13.6. The summed E-state index contributed by atoms with van der Waals surface area (Å²) >= 11 is 13.7. The maximum atomic E-state index is 13.6. The summed E-state index contributed by atoms with van der Waals surface area (Å²) in [6, 6.07) is 20.5. The largest absolute Gasteiger partial charge is 0.451 e. The molecule has 9 heteroatoms. The SMILES string of the molecule is O=C(c1ccc(-c2ccc(Cl)c([N+](=O)[O-])c2)o1)N1c2ccccc2Sc2ccc(Cl)cc21. The van der Waals surface area contributed by atoms with Crippen LogP contribution in [0.2, 0.25) is 10.0 Å². The van der Waals surface area contributed by atoms with Crippen LogP contribution in [0, 0.1) is 10.1 Å². The van der Waals surface area contributed by atoms with Gasteiger partial charge in [-0.15, -0.1) is 0 Å². The van der Waals surface area contributed by atoms with Gasteiger partial charge in [0, 0.05) is 26.4 Å². The molecule has 0 atom stereocenters. The zero-order valence-electron chi connectivity index (χ0n) is 16.1. The van der Waals surface area contributed by atoms with Gasteiger partial charge in [-0.2, -0.15) is 0 Å². The highest BCUT2D eigenvalue weighted by Gasteiger charge is 2.31. The minimum absolute atomic E-state index is 0.0255. The van der Waals surface area contributed by atoms with Crippen LogP contribution in [0.1, 0.15) is 10.6 Å². The normalized spacial score (nSPS) is 12.2. The van der Waals surface area contributed by atoms with Crippen LogP contribution in [0.15, 0.2) is 87.0 Å². The summed E-state index contributed by atoms with van der Waals surface area (Å²) in [7, 11) is 0. The number of rotatable bonds is 3. The lowest BCUT2D eigenvalue weighted by atomic mass is 10.1. The van der Waals surface area contributed by atoms with Crippen LogP contribution in [0.3, 0.4) is 0 Å². The average Bonchev–Trinajstić information content (AvgIpc) is 3.27. The summed E-state index contributed by atoms with van der Waals surface area (Å²) in [4.78, 5) is 27.6. The van der Waals surface area contributed by atoms with Crippen molar-refractivity contribution in [2.45, 2.75) is 9.79 Å². The Bertz CT molecular complexity index is 1400. The van der Waals surface area contributed by atoms with Crippen molar-refractivity contribution in [3.8, 4) is 11.3 Å². The van der Waals surface area contributed by atoms with E-state index < -0.39 is 4.92 Å². The molecule has 5 rings (SSSR count). The van der Waals surface area contributed by atoms with E-state index in [2.05, 4.69) is 0 Å². The van der Waals surface area contributed by atoms with Gasteiger partial charge in [-0.05, 0) is 54.6 Å². The molecular weight excluding hydrogens is 471 g/mol. The molecule has 158 valence electrons. The van der Waals surface area contributed by atoms with E-state index in [9.17, 15) is 14.9 Å². The Kier molecular flexibility index (Phi) is 5.17. The first kappa shape index (κ1) is 20.6. The van der Waals surface area contributed by atoms with E-state index in [-0.39, 0.29) is 22.4 Å². The summed E-state index contributed by atoms with van der Waals surface area (Å²) in [6.07, 6.45) is 0. The van der Waals surface area contributed by atoms with Crippen molar-refractivity contribution in [3.63, 3.8) is 0 Å². The zero-order chi connectivity index (χ0) is 22.4. The Morgan fingerprint density at radius 3 is 2.53 bits per heavy atom. The van der Waals surface area contributed by atoms with Gasteiger partial charge in [0.2, 0.25) is 0 Å². The van der Waals surface area contributed by atoms with Crippen LogP contribution in [0.25, 0.3) is 11.3 Å². The zero-order valence-corrected chi connectivity index (χ0v) is 18.4. The summed E-state index contributed by atoms with van der Waals surface area (Å²) < 4.78 is 5.82. The van der Waals surface area contributed by atoms with Gasteiger partial charge in [0.1, 0.15) is 10.8 Å². The van der Waals surface area contributed by atoms with Gasteiger partial charge in [0.15, 0.2) is 5.76 Å². The maximum Gasteiger partial charge on any atom is 0.298 e. The fourth-order valence-electron chi connectivity index (χ4n) is 3.47. The number of hydrogen-bond donors (Lipinski definition) is 0. The number of hydrogen-bond acceptors (Lipinski definition) is 5. The third-order valence-corrected chi connectivity index (χ3v) is 6.62. The number of fused-ring (bicyclic) bond motifs is 2. The summed E-state index contributed by atoms with van der Waals surface area (Å²) in [5.74, 6) is 0.0281. The van der Waals surface area contributed by atoms with E-state index >= 15 is 0 Å². The minimum atomic E-state index is -0.566. The quantitative estimate of drug-likeness (QED) is 0.222. The molecule has 32 heavy (non-hydrogen) atoms. The van der Waals surface area contributed by atoms with Crippen molar-refractivity contribution in [2.24, 2.45) is 0 Å². The van der Waals surface area contributed by atoms with E-state index in [4.69, 9.17) is 27.6 Å². The fraction of sp³-hybridized carbons (Fsp3) is 0. The van der Waals surface area contributed by atoms with Crippen LogP contribution in [0.5, 0.6) is 0 Å². The van der Waals surface area contributed by atoms with E-state index in [1.54, 1.807) is 47.0 Å². The second-order valence-electron chi connectivity index (χ2n) is 6.91. The first-order chi connectivity index (χ1) is 15.4. The molecule has 1 amide bonds. The van der Waals surface area contributed by atoms with Gasteiger partial charge < -0.3 is 4.42 Å². The molecule has 0 spiro atoms. The number of nitro groups is 1. The first-order valence-corrected chi connectivity index (χ1v) is 10.9. The average molecular weight is 483 g/mol. The van der Waals surface area contributed by atoms with E-state index in [1.165, 1.54) is 12.1 Å². The highest BCUT2D eigenvalue weighted by Crippen LogP contribution is 2.49. The first-order valence-electron chi connectivity index (χ1n) is 9.37. The topological polar surface area (TPSA) is 76.6 Å². The summed E-state index contributed by atoms with van der Waals surface area (Å²) in [6.45, 7) is 0. The molecule has 0 aliphatic carbocycles. The lowest BCUT2D eigenvalue weighted by Crippen LogP contribution is -2.28. The molecular formula is C23H12Cl2N2O4S. The fourth-order valence-corrected chi connectivity index (χ4v) is 4.86. The molecule has 0 bridgehead atoms. The predicted molar refractivity (Wildman–Crippen MR) is 124 cm³/mol. The molecule has 0 fully saturated rings. The highest BCUT2D eigenvalue weighted by molar-refractivity contribution is 7.99. The van der Waals surface area contributed by atoms with Gasteiger partial charge in [0.05, 0.1) is 16.3 Å². The molecule has 2 heterocycles. The third kappa shape index (κ3) is 3.54. The molecule has 3 aromatic carbocycles. The second kappa shape index (κ2) is 8.02. The predicted octanol–water partition coefficient (Wildman–Crippen LogP) is 7.60. The molecule has 0 saturated carbocycles. The molecule has 0 unspecified atom stereocenters. The van der Waals surface area contributed by atoms with Crippen LogP contribution in [-0.2, 0) is 0 Å². The number of carbonyl (C=O) groups is 1. The van der Waals surface area contributed by atoms with Gasteiger partial charge in [-0.25, -0.2) is 0 Å². The lowest BCUT2D eigenvalue weighted by Gasteiger charge is -2.30. The Hall–Kier alpha value is -3.26. The van der Waals surface area contributed by atoms with Crippen LogP contribution in [-0.4, -0.2) is 10.8 Å². The molecule has 0 radical (unpaired) electrons. The molecule has 1 aliphatic rings. The number of furan rings is 1. The summed E-state index contributed by atoms with van der Waals surface area (Å²) in [5.41, 5.74) is 1.58. The van der Waals surface area contributed by atoms with Crippen molar-refractivity contribution in [3.05, 3.63) is 98.7 Å². The van der Waals surface area contributed by atoms with E-state index in [1.807, 2.05) is 30.3 Å². The van der Waals surface area contributed by atoms with Gasteiger partial charge in [0.25, 0.3) is 11.6 Å². The van der Waals surface area contributed by atoms with Crippen LogP contribution >= 0.6 is 35.0 Å². The lowest BCUT2D eigenvalue weighted by molar-refractivity contribution is -0.384. The number of nitrogens with zero attached hydrogens (tertiary/aromatic N) is 2. The smallest absolute Gasteiger partial charge is 0.298 e. The number of nitro benzene ring substituents is 1. The Morgan fingerprint density at radius 2 is 1.72 bits per heavy atom. The van der Waals surface area contributed by atoms with Crippen molar-refractivity contribution in [1.82, 2.24) is 0 Å². The van der Waals surface area contributed by atoms with Crippen molar-refractivity contribution < 1.29 is 14.1 Å². The second-order valence-corrected chi connectivity index (χ2v) is 8.84. The number of amides is 1. The minimum Gasteiger partial charge on any atom is -0.451 e. The van der Waals surface area contributed by atoms with E-state index in [0.29, 0.717) is 22.0 Å². The van der Waals surface area contributed by atoms with Gasteiger partial charge >= 0.3 is 0 Å². The summed E-state index contributed by atoms with van der Waals surface area (Å²) in [5, 5.41) is 11.7. The van der Waals surface area contributed by atoms with Gasteiger partial charge in [-0.1, -0.05) is 47.1 Å². The van der Waals surface area contributed by atoms with Crippen LogP contribution in [0.4, 0.5) is 17.1 Å². The molecule has 0 saturated heterocycles. The molecule has 1 aromatic heterocycles. The Labute approximate surface area is 196 Å². The third-order valence-electron chi connectivity index (χ3n) is 4.94. The van der Waals surface area contributed by atoms with Crippen LogP contribution < -0.4 is 4.90 Å². The number of halogens is 2. The highest BCUT2D eigenvalue weighted by atomic mass is 35.5. The molecule has 0 N–H and O–H groups in total. The van der Waals surface area contributed by atoms with Crippen molar-refractivity contribution in [2.75, 3.05) is 4.90 Å². The number of benzene rings is 3. The molecule has 4 aromatic rings. The Morgan fingerprint density at radius 1 is 0.938 bits per heavy atom. The number of anilines is 2. The van der Waals surface area contributed by atoms with Crippen molar-refractivity contribution in [1.29, 1.82) is 0 Å². The van der Waals surface area contributed by atoms with Crippen molar-refractivity contribution >= 4 is 57.9 Å². The molecule has 1 aliphatic heterocycles. The Balaban J connectivity index is 1.57. The van der Waals surface area contributed by atoms with Gasteiger partial charge in [-0.3, -0.25) is 19.8 Å². The standard InChI is InChI=1S/C23H12Cl2N2O4S/c24-14-6-10-22-18(12-14)26(16-3-1-2-4-21(16)32-22)23(28)20-9-8-19(31-20)13-5-7-15(25)17(11-13)27(29)30/h1-12H. The number of carbonyl (C=O) groups excluding carboxylic acids is 1.